The molecular formula is C4H2F3KN2O. The fraction of sp³-hybridized carbons (Fsp3) is 0.250. The molecule has 0 atom stereocenters. The van der Waals surface area contributed by atoms with Crippen LogP contribution in [0.5, 0.6) is 0 Å². The van der Waals surface area contributed by atoms with E-state index in [0.29, 0.717) is 6.07 Å². The second-order valence-corrected chi connectivity index (χ2v) is 1.57. The molecule has 1 rings (SSSR count). The van der Waals surface area contributed by atoms with Crippen LogP contribution < -0.4 is 51.4 Å². The molecule has 56 valence electrons. The Morgan fingerprint density at radius 2 is 2.00 bits per heavy atom. The molecule has 0 aliphatic carbocycles. The van der Waals surface area contributed by atoms with Crippen LogP contribution >= 0.6 is 0 Å². The van der Waals surface area contributed by atoms with E-state index in [1.54, 1.807) is 0 Å². The summed E-state index contributed by atoms with van der Waals surface area (Å²) in [5.41, 5.74) is 5.40. The molecule has 0 unspecified atom stereocenters. The molecule has 0 aliphatic heterocycles. The topological polar surface area (TPSA) is 49.8 Å². The van der Waals surface area contributed by atoms with Gasteiger partial charge < -0.3 is 10.3 Å². The minimum Gasteiger partial charge on any atom is -0.666 e. The van der Waals surface area contributed by atoms with Crippen molar-refractivity contribution in [2.75, 3.05) is 0 Å². The molecule has 0 saturated carbocycles. The van der Waals surface area contributed by atoms with Gasteiger partial charge in [0, 0.05) is 0 Å². The van der Waals surface area contributed by atoms with Gasteiger partial charge in [0.2, 0.25) is 0 Å². The van der Waals surface area contributed by atoms with E-state index in [1.165, 1.54) is 0 Å². The molecule has 3 nitrogen and oxygen atoms in total. The summed E-state index contributed by atoms with van der Waals surface area (Å²) in [5, 5.41) is 2.60. The molecule has 0 aromatic carbocycles. The molecule has 0 bridgehead atoms. The molecule has 11 heavy (non-hydrogen) atoms. The molecule has 0 saturated heterocycles. The van der Waals surface area contributed by atoms with Crippen molar-refractivity contribution >= 4 is 5.88 Å². The Morgan fingerprint density at radius 1 is 1.45 bits per heavy atom. The quantitative estimate of drug-likeness (QED) is 0.512. The predicted octanol–water partition coefficient (Wildman–Crippen LogP) is -0.619. The molecule has 1 aromatic heterocycles. The van der Waals surface area contributed by atoms with Gasteiger partial charge in [0.05, 0.1) is 5.88 Å². The van der Waals surface area contributed by atoms with Gasteiger partial charge >= 0.3 is 57.6 Å². The van der Waals surface area contributed by atoms with E-state index in [9.17, 15) is 13.2 Å². The monoisotopic (exact) mass is 190 g/mol. The molecule has 0 fully saturated rings. The van der Waals surface area contributed by atoms with E-state index in [4.69, 9.17) is 5.73 Å². The summed E-state index contributed by atoms with van der Waals surface area (Å²) in [6.07, 6.45) is -4.51. The van der Waals surface area contributed by atoms with Crippen LogP contribution in [0.25, 0.3) is 5.73 Å². The summed E-state index contributed by atoms with van der Waals surface area (Å²) >= 11 is 0. The van der Waals surface area contributed by atoms with Gasteiger partial charge in [-0.05, 0) is 6.07 Å². The zero-order chi connectivity index (χ0) is 7.78. The van der Waals surface area contributed by atoms with Crippen LogP contribution in [0.3, 0.4) is 0 Å². The summed E-state index contributed by atoms with van der Waals surface area (Å²) in [5.74, 6) is -0.590. The van der Waals surface area contributed by atoms with Gasteiger partial charge in [-0.15, -0.1) is 0 Å². The molecule has 1 N–H and O–H groups in total. The number of nitrogens with zero attached hydrogens (tertiary/aromatic N) is 1. The first-order valence-corrected chi connectivity index (χ1v) is 2.25. The first-order chi connectivity index (χ1) is 4.50. The third kappa shape index (κ3) is 3.12. The third-order valence-electron chi connectivity index (χ3n) is 0.801. The van der Waals surface area contributed by atoms with Crippen molar-refractivity contribution in [3.05, 3.63) is 17.5 Å². The van der Waals surface area contributed by atoms with Crippen LogP contribution in [0.1, 0.15) is 5.69 Å². The molecule has 0 aliphatic rings. The Hall–Kier alpha value is 0.436. The molecule has 1 heterocycles. The van der Waals surface area contributed by atoms with Crippen molar-refractivity contribution in [1.29, 1.82) is 0 Å². The van der Waals surface area contributed by atoms with Crippen molar-refractivity contribution < 1.29 is 69.1 Å². The summed E-state index contributed by atoms with van der Waals surface area (Å²) in [7, 11) is 0. The summed E-state index contributed by atoms with van der Waals surface area (Å²) in [6, 6.07) is 0.514. The van der Waals surface area contributed by atoms with Crippen molar-refractivity contribution in [1.82, 2.24) is 5.16 Å². The number of hydrogen-bond donors (Lipinski definition) is 0. The minimum atomic E-state index is -4.51. The van der Waals surface area contributed by atoms with Gasteiger partial charge in [-0.1, -0.05) is 5.16 Å². The largest absolute Gasteiger partial charge is 1.00 e. The van der Waals surface area contributed by atoms with Gasteiger partial charge in [0.25, 0.3) is 0 Å². The van der Waals surface area contributed by atoms with Crippen molar-refractivity contribution in [2.24, 2.45) is 0 Å². The maximum atomic E-state index is 11.6. The number of nitrogens with one attached hydrogen (secondary N) is 1. The summed E-state index contributed by atoms with van der Waals surface area (Å²) in [4.78, 5) is 0. The van der Waals surface area contributed by atoms with E-state index >= 15 is 0 Å². The van der Waals surface area contributed by atoms with E-state index in [0.717, 1.165) is 0 Å². The Bertz CT molecular complexity index is 233. The molecular weight excluding hydrogens is 188 g/mol. The van der Waals surface area contributed by atoms with E-state index in [2.05, 4.69) is 9.68 Å². The van der Waals surface area contributed by atoms with Gasteiger partial charge in [-0.25, -0.2) is 0 Å². The number of aromatic nitrogens is 1. The SMILES string of the molecule is [K+].[NH-]c1cc(C(F)(F)F)no1. The summed E-state index contributed by atoms with van der Waals surface area (Å²) < 4.78 is 38.7. The predicted molar refractivity (Wildman–Crippen MR) is 25.5 cm³/mol. The van der Waals surface area contributed by atoms with Gasteiger partial charge in [-0.2, -0.15) is 13.2 Å². The minimum absolute atomic E-state index is 0. The average Bonchev–Trinajstić information content (AvgIpc) is 2.11. The maximum Gasteiger partial charge on any atom is 1.00 e. The second-order valence-electron chi connectivity index (χ2n) is 1.57. The zero-order valence-corrected chi connectivity index (χ0v) is 8.69. The number of alkyl halides is 3. The fourth-order valence-electron chi connectivity index (χ4n) is 0.409. The molecule has 7 heteroatoms. The first-order valence-electron chi connectivity index (χ1n) is 2.25. The fourth-order valence-corrected chi connectivity index (χ4v) is 0.409. The van der Waals surface area contributed by atoms with Crippen LogP contribution in [0.4, 0.5) is 19.1 Å². The Kier molecular flexibility index (Phi) is 4.05. The van der Waals surface area contributed by atoms with Crippen LogP contribution in [0.2, 0.25) is 0 Å². The number of rotatable bonds is 0. The second kappa shape index (κ2) is 3.90. The Balaban J connectivity index is 0.000001000. The number of halogens is 3. The van der Waals surface area contributed by atoms with E-state index in [1.807, 2.05) is 0 Å². The number of hydrogen-bond acceptors (Lipinski definition) is 2. The van der Waals surface area contributed by atoms with Gasteiger partial charge in [-0.3, -0.25) is 0 Å². The molecule has 0 spiro atoms. The van der Waals surface area contributed by atoms with E-state index < -0.39 is 17.8 Å². The van der Waals surface area contributed by atoms with E-state index in [-0.39, 0.29) is 51.4 Å². The first kappa shape index (κ1) is 11.4. The van der Waals surface area contributed by atoms with Gasteiger partial charge in [0.1, 0.15) is 0 Å². The smallest absolute Gasteiger partial charge is 0.666 e. The van der Waals surface area contributed by atoms with Crippen molar-refractivity contribution in [2.45, 2.75) is 6.18 Å². The van der Waals surface area contributed by atoms with Gasteiger partial charge in [0.15, 0.2) is 5.69 Å². The van der Waals surface area contributed by atoms with Crippen LogP contribution in [-0.2, 0) is 6.18 Å². The molecule has 1 aromatic rings. The summed E-state index contributed by atoms with van der Waals surface area (Å²) in [6.45, 7) is 0. The van der Waals surface area contributed by atoms with Crippen LogP contribution in [0.15, 0.2) is 10.6 Å². The third-order valence-corrected chi connectivity index (χ3v) is 0.801. The standard InChI is InChI=1S/C4H2F3N2O.K/c5-4(6,7)2-1-3(8)10-9-2;/h1,8H;/q-1;+1. The van der Waals surface area contributed by atoms with Crippen molar-refractivity contribution in [3.8, 4) is 0 Å². The molecule has 0 radical (unpaired) electrons. The van der Waals surface area contributed by atoms with Crippen molar-refractivity contribution in [3.63, 3.8) is 0 Å². The molecule has 0 amide bonds. The normalized spacial score (nSPS) is 10.8. The Labute approximate surface area is 103 Å². The maximum absolute atomic E-state index is 11.6. The average molecular weight is 190 g/mol. The zero-order valence-electron chi connectivity index (χ0n) is 5.57. The Morgan fingerprint density at radius 3 is 2.18 bits per heavy atom. The van der Waals surface area contributed by atoms with Crippen LogP contribution in [0, 0.1) is 0 Å². The van der Waals surface area contributed by atoms with Crippen LogP contribution in [-0.4, -0.2) is 5.16 Å².